The molecular formula is C7H9ClN2OS. The molecule has 0 aliphatic rings. The molecule has 0 fully saturated rings. The van der Waals surface area contributed by atoms with Crippen molar-refractivity contribution >= 4 is 27.5 Å². The number of hydrogen-bond donors (Lipinski definition) is 1. The highest BCUT2D eigenvalue weighted by Gasteiger charge is 2.06. The summed E-state index contributed by atoms with van der Waals surface area (Å²) in [5.74, 6) is 0. The predicted octanol–water partition coefficient (Wildman–Crippen LogP) is 2.70. The molecule has 1 aromatic heterocycles. The van der Waals surface area contributed by atoms with Crippen molar-refractivity contribution in [1.29, 1.82) is 0 Å². The molecule has 66 valence electrons. The first-order chi connectivity index (χ1) is 5.65. The van der Waals surface area contributed by atoms with Crippen molar-refractivity contribution in [2.45, 2.75) is 13.8 Å². The van der Waals surface area contributed by atoms with E-state index in [2.05, 4.69) is 4.98 Å². The number of aryl methyl sites for hydroxylation is 2. The monoisotopic (exact) mass is 204 g/mol. The molecule has 0 aliphatic heterocycles. The molecule has 1 heterocycles. The molecule has 0 unspecified atom stereocenters. The van der Waals surface area contributed by atoms with Gasteiger partial charge in [0.1, 0.15) is 0 Å². The molecule has 0 amide bonds. The zero-order chi connectivity index (χ0) is 9.14. The minimum absolute atomic E-state index is 0.620. The molecule has 0 bridgehead atoms. The van der Waals surface area contributed by atoms with Crippen LogP contribution < -0.4 is 4.47 Å². The van der Waals surface area contributed by atoms with Gasteiger partial charge in [-0.1, -0.05) is 0 Å². The molecule has 0 aromatic carbocycles. The molecule has 0 aliphatic carbocycles. The van der Waals surface area contributed by atoms with Gasteiger partial charge < -0.3 is 0 Å². The van der Waals surface area contributed by atoms with Gasteiger partial charge in [-0.25, -0.2) is 0 Å². The lowest BCUT2D eigenvalue weighted by Gasteiger charge is -2.13. The van der Waals surface area contributed by atoms with E-state index in [1.807, 2.05) is 19.9 Å². The summed E-state index contributed by atoms with van der Waals surface area (Å²) in [6.07, 6.45) is 1.74. The van der Waals surface area contributed by atoms with Gasteiger partial charge in [0.25, 0.3) is 0 Å². The van der Waals surface area contributed by atoms with Crippen molar-refractivity contribution in [3.8, 4) is 0 Å². The number of anilines is 1. The Morgan fingerprint density at radius 1 is 1.58 bits per heavy atom. The average molecular weight is 205 g/mol. The lowest BCUT2D eigenvalue weighted by molar-refractivity contribution is 0.332. The fourth-order valence-corrected chi connectivity index (χ4v) is 1.34. The van der Waals surface area contributed by atoms with Crippen LogP contribution in [0.25, 0.3) is 0 Å². The fourth-order valence-electron chi connectivity index (χ4n) is 0.853. The van der Waals surface area contributed by atoms with Crippen LogP contribution in [-0.4, -0.2) is 10.2 Å². The van der Waals surface area contributed by atoms with Gasteiger partial charge in [-0.05, 0) is 36.2 Å². The second kappa shape index (κ2) is 3.98. The summed E-state index contributed by atoms with van der Waals surface area (Å²) >= 11 is 0.722. The third-order valence-corrected chi connectivity index (χ3v) is 2.19. The van der Waals surface area contributed by atoms with Crippen molar-refractivity contribution in [3.05, 3.63) is 23.5 Å². The zero-order valence-corrected chi connectivity index (χ0v) is 8.35. The molecule has 0 atom stereocenters. The second-order valence-corrected chi connectivity index (χ2v) is 3.36. The van der Waals surface area contributed by atoms with Crippen molar-refractivity contribution in [3.63, 3.8) is 0 Å². The molecule has 5 heteroatoms. The Morgan fingerprint density at radius 3 is 2.83 bits per heavy atom. The Morgan fingerprint density at radius 2 is 2.25 bits per heavy atom. The number of nitrogens with zero attached hydrogens (tertiary/aromatic N) is 2. The van der Waals surface area contributed by atoms with E-state index in [0.717, 1.165) is 26.9 Å². The standard InChI is InChI=1S/C7H9ClN2OS/c1-5-3-7(10(11)12-8)6(2)9-4-5/h3-4,11H,1-2H3. The Balaban J connectivity index is 3.04. The number of rotatable bonds is 2. The highest BCUT2D eigenvalue weighted by Crippen LogP contribution is 2.25. The van der Waals surface area contributed by atoms with E-state index in [0.29, 0.717) is 5.69 Å². The van der Waals surface area contributed by atoms with Crippen LogP contribution in [0.5, 0.6) is 0 Å². The van der Waals surface area contributed by atoms with Gasteiger partial charge in [0.2, 0.25) is 0 Å². The predicted molar refractivity (Wildman–Crippen MR) is 51.4 cm³/mol. The molecule has 0 saturated heterocycles. The Bertz CT molecular complexity index is 282. The smallest absolute Gasteiger partial charge is 0.0992 e. The van der Waals surface area contributed by atoms with E-state index in [9.17, 15) is 5.21 Å². The summed E-state index contributed by atoms with van der Waals surface area (Å²) in [6.45, 7) is 3.72. The summed E-state index contributed by atoms with van der Waals surface area (Å²) < 4.78 is 0.886. The maximum atomic E-state index is 9.26. The van der Waals surface area contributed by atoms with Crippen LogP contribution >= 0.6 is 21.8 Å². The van der Waals surface area contributed by atoms with Crippen molar-refractivity contribution in [1.82, 2.24) is 4.98 Å². The summed E-state index contributed by atoms with van der Waals surface area (Å²) in [7, 11) is 5.38. The highest BCUT2D eigenvalue weighted by molar-refractivity contribution is 8.21. The molecule has 0 spiro atoms. The molecule has 12 heavy (non-hydrogen) atoms. The fraction of sp³-hybridized carbons (Fsp3) is 0.286. The van der Waals surface area contributed by atoms with Crippen LogP contribution in [0.1, 0.15) is 11.3 Å². The second-order valence-electron chi connectivity index (χ2n) is 2.46. The number of halogens is 1. The van der Waals surface area contributed by atoms with Crippen molar-refractivity contribution in [2.24, 2.45) is 0 Å². The summed E-state index contributed by atoms with van der Waals surface area (Å²) in [4.78, 5) is 4.07. The molecular weight excluding hydrogens is 196 g/mol. The minimum atomic E-state index is 0.620. The Labute approximate surface area is 80.0 Å². The summed E-state index contributed by atoms with van der Waals surface area (Å²) in [6, 6.07) is 1.82. The van der Waals surface area contributed by atoms with Gasteiger partial charge in [0.05, 0.1) is 22.5 Å². The molecule has 3 nitrogen and oxygen atoms in total. The van der Waals surface area contributed by atoms with E-state index in [4.69, 9.17) is 10.7 Å². The Hall–Kier alpha value is -0.450. The van der Waals surface area contributed by atoms with Gasteiger partial charge in [0.15, 0.2) is 0 Å². The quantitative estimate of drug-likeness (QED) is 0.594. The van der Waals surface area contributed by atoms with Gasteiger partial charge in [0, 0.05) is 6.20 Å². The molecule has 0 radical (unpaired) electrons. The highest BCUT2D eigenvalue weighted by atomic mass is 35.7. The third-order valence-electron chi connectivity index (χ3n) is 1.47. The van der Waals surface area contributed by atoms with Crippen LogP contribution in [-0.2, 0) is 0 Å². The third kappa shape index (κ3) is 2.03. The molecule has 1 N–H and O–H groups in total. The average Bonchev–Trinajstić information content (AvgIpc) is 2.08. The van der Waals surface area contributed by atoms with Crippen LogP contribution in [0.3, 0.4) is 0 Å². The van der Waals surface area contributed by atoms with E-state index < -0.39 is 0 Å². The van der Waals surface area contributed by atoms with E-state index >= 15 is 0 Å². The lowest BCUT2D eigenvalue weighted by Crippen LogP contribution is -2.07. The first-order valence-electron chi connectivity index (χ1n) is 3.36. The van der Waals surface area contributed by atoms with E-state index in [-0.39, 0.29) is 0 Å². The molecule has 0 saturated carbocycles. The van der Waals surface area contributed by atoms with Crippen LogP contribution in [0.4, 0.5) is 5.69 Å². The van der Waals surface area contributed by atoms with Gasteiger partial charge in [-0.2, -0.15) is 4.47 Å². The number of aromatic nitrogens is 1. The topological polar surface area (TPSA) is 36.4 Å². The van der Waals surface area contributed by atoms with Crippen molar-refractivity contribution < 1.29 is 5.21 Å². The van der Waals surface area contributed by atoms with Crippen LogP contribution in [0, 0.1) is 13.8 Å². The first kappa shape index (κ1) is 9.64. The minimum Gasteiger partial charge on any atom is -0.276 e. The molecule has 1 aromatic rings. The molecule has 1 rings (SSSR count). The van der Waals surface area contributed by atoms with Gasteiger partial charge in [-0.15, -0.1) is 0 Å². The maximum absolute atomic E-state index is 9.26. The summed E-state index contributed by atoms with van der Waals surface area (Å²) in [5, 5.41) is 9.26. The zero-order valence-electron chi connectivity index (χ0n) is 6.78. The van der Waals surface area contributed by atoms with Crippen LogP contribution in [0.2, 0.25) is 0 Å². The normalized spacial score (nSPS) is 10.0. The largest absolute Gasteiger partial charge is 0.276 e. The first-order valence-corrected chi connectivity index (χ1v) is 4.96. The number of pyridine rings is 1. The van der Waals surface area contributed by atoms with E-state index in [1.54, 1.807) is 6.20 Å². The van der Waals surface area contributed by atoms with Crippen LogP contribution in [0.15, 0.2) is 12.3 Å². The van der Waals surface area contributed by atoms with Crippen molar-refractivity contribution in [2.75, 3.05) is 4.47 Å². The maximum Gasteiger partial charge on any atom is 0.0992 e. The van der Waals surface area contributed by atoms with Gasteiger partial charge in [-0.3, -0.25) is 10.2 Å². The van der Waals surface area contributed by atoms with Gasteiger partial charge >= 0.3 is 0 Å². The SMILES string of the molecule is Cc1cnc(C)c(N(O)SCl)c1. The van der Waals surface area contributed by atoms with E-state index in [1.165, 1.54) is 0 Å². The summed E-state index contributed by atoms with van der Waals surface area (Å²) in [5.41, 5.74) is 2.35. The lowest BCUT2D eigenvalue weighted by atomic mass is 10.2. The Kier molecular flexibility index (Phi) is 3.20. The number of hydrogen-bond acceptors (Lipinski definition) is 4.